The Bertz CT molecular complexity index is 472. The first-order valence-electron chi connectivity index (χ1n) is 8.34. The van der Waals surface area contributed by atoms with Crippen LogP contribution in [0.5, 0.6) is 0 Å². The molecule has 2 rings (SSSR count). The highest BCUT2D eigenvalue weighted by molar-refractivity contribution is 5.78. The molecule has 1 aromatic carbocycles. The largest absolute Gasteiger partial charge is 0.393 e. The van der Waals surface area contributed by atoms with Crippen LogP contribution >= 0.6 is 0 Å². The maximum Gasteiger partial charge on any atom is 0.191 e. The summed E-state index contributed by atoms with van der Waals surface area (Å²) in [6.45, 7) is 6.73. The van der Waals surface area contributed by atoms with Gasteiger partial charge in [-0.15, -0.1) is 0 Å². The smallest absolute Gasteiger partial charge is 0.191 e. The molecule has 3 atom stereocenters. The van der Waals surface area contributed by atoms with Gasteiger partial charge in [-0.1, -0.05) is 37.3 Å². The molecule has 0 spiro atoms. The van der Waals surface area contributed by atoms with Crippen molar-refractivity contribution in [1.29, 1.82) is 0 Å². The van der Waals surface area contributed by atoms with Crippen molar-refractivity contribution in [1.82, 2.24) is 4.90 Å². The van der Waals surface area contributed by atoms with E-state index in [0.717, 1.165) is 13.1 Å². The van der Waals surface area contributed by atoms with E-state index in [0.29, 0.717) is 24.8 Å². The Kier molecular flexibility index (Phi) is 6.25. The number of rotatable bonds is 5. The minimum Gasteiger partial charge on any atom is -0.393 e. The Morgan fingerprint density at radius 1 is 1.41 bits per heavy atom. The highest BCUT2D eigenvalue weighted by Gasteiger charge is 2.19. The third kappa shape index (κ3) is 5.02. The van der Waals surface area contributed by atoms with Crippen molar-refractivity contribution in [2.45, 2.75) is 45.1 Å². The standard InChI is InChI=1S/C18H29N3O/c1-14-7-6-10-21(13-14)18(19)20-12-17(11-15(2)22)16-8-4-3-5-9-16/h3-5,8-9,14-15,17,22H,6-7,10-13H2,1-2H3,(H2,19,20). The van der Waals surface area contributed by atoms with Crippen LogP contribution in [-0.2, 0) is 0 Å². The predicted molar refractivity (Wildman–Crippen MR) is 91.9 cm³/mol. The van der Waals surface area contributed by atoms with Crippen LogP contribution in [0.15, 0.2) is 35.3 Å². The molecule has 0 radical (unpaired) electrons. The monoisotopic (exact) mass is 303 g/mol. The maximum atomic E-state index is 9.74. The van der Waals surface area contributed by atoms with E-state index < -0.39 is 0 Å². The minimum absolute atomic E-state index is 0.210. The highest BCUT2D eigenvalue weighted by Crippen LogP contribution is 2.22. The van der Waals surface area contributed by atoms with E-state index >= 15 is 0 Å². The summed E-state index contributed by atoms with van der Waals surface area (Å²) in [6.07, 6.45) is 2.83. The number of aliphatic imine (C=N–C) groups is 1. The molecular weight excluding hydrogens is 274 g/mol. The van der Waals surface area contributed by atoms with Gasteiger partial charge in [-0.3, -0.25) is 4.99 Å². The van der Waals surface area contributed by atoms with Crippen molar-refractivity contribution in [3.05, 3.63) is 35.9 Å². The quantitative estimate of drug-likeness (QED) is 0.649. The van der Waals surface area contributed by atoms with Crippen molar-refractivity contribution < 1.29 is 5.11 Å². The van der Waals surface area contributed by atoms with Gasteiger partial charge < -0.3 is 15.7 Å². The molecule has 3 N–H and O–H groups in total. The lowest BCUT2D eigenvalue weighted by Crippen LogP contribution is -2.43. The molecule has 1 saturated heterocycles. The molecule has 1 heterocycles. The number of nitrogens with zero attached hydrogens (tertiary/aromatic N) is 2. The number of aliphatic hydroxyl groups is 1. The van der Waals surface area contributed by atoms with Crippen LogP contribution in [0.2, 0.25) is 0 Å². The first kappa shape index (κ1) is 16.8. The van der Waals surface area contributed by atoms with Crippen molar-refractivity contribution in [3.63, 3.8) is 0 Å². The SMILES string of the molecule is CC(O)CC(CN=C(N)N1CCCC(C)C1)c1ccccc1. The number of piperidine rings is 1. The van der Waals surface area contributed by atoms with Gasteiger partial charge >= 0.3 is 0 Å². The Hall–Kier alpha value is -1.55. The summed E-state index contributed by atoms with van der Waals surface area (Å²) in [5.74, 6) is 1.55. The lowest BCUT2D eigenvalue weighted by molar-refractivity contribution is 0.175. The topological polar surface area (TPSA) is 61.9 Å². The molecular formula is C18H29N3O. The zero-order chi connectivity index (χ0) is 15.9. The molecule has 22 heavy (non-hydrogen) atoms. The summed E-state index contributed by atoms with van der Waals surface area (Å²) >= 11 is 0. The lowest BCUT2D eigenvalue weighted by atomic mass is 9.93. The molecule has 1 aliphatic rings. The fourth-order valence-electron chi connectivity index (χ4n) is 3.15. The Labute approximate surface area is 134 Å². The number of aliphatic hydroxyl groups excluding tert-OH is 1. The molecule has 3 unspecified atom stereocenters. The maximum absolute atomic E-state index is 9.74. The second-order valence-electron chi connectivity index (χ2n) is 6.58. The summed E-state index contributed by atoms with van der Waals surface area (Å²) in [5, 5.41) is 9.74. The van der Waals surface area contributed by atoms with Crippen LogP contribution in [0.3, 0.4) is 0 Å². The van der Waals surface area contributed by atoms with Crippen LogP contribution in [-0.4, -0.2) is 41.7 Å². The van der Waals surface area contributed by atoms with E-state index in [1.165, 1.54) is 18.4 Å². The van der Waals surface area contributed by atoms with Crippen molar-refractivity contribution in [2.75, 3.05) is 19.6 Å². The number of nitrogens with two attached hydrogens (primary N) is 1. The fraction of sp³-hybridized carbons (Fsp3) is 0.611. The van der Waals surface area contributed by atoms with E-state index in [2.05, 4.69) is 28.9 Å². The van der Waals surface area contributed by atoms with Crippen LogP contribution in [0.4, 0.5) is 0 Å². The molecule has 0 saturated carbocycles. The van der Waals surface area contributed by atoms with E-state index in [9.17, 15) is 5.11 Å². The molecule has 0 amide bonds. The number of hydrogen-bond acceptors (Lipinski definition) is 2. The van der Waals surface area contributed by atoms with Gasteiger partial charge in [-0.05, 0) is 37.7 Å². The van der Waals surface area contributed by atoms with Crippen LogP contribution in [0.25, 0.3) is 0 Å². The minimum atomic E-state index is -0.336. The van der Waals surface area contributed by atoms with Gasteiger partial charge in [-0.2, -0.15) is 0 Å². The Morgan fingerprint density at radius 2 is 2.14 bits per heavy atom. The lowest BCUT2D eigenvalue weighted by Gasteiger charge is -2.32. The molecule has 0 bridgehead atoms. The molecule has 1 aromatic rings. The number of hydrogen-bond donors (Lipinski definition) is 2. The second-order valence-corrected chi connectivity index (χ2v) is 6.58. The first-order valence-corrected chi connectivity index (χ1v) is 8.34. The van der Waals surface area contributed by atoms with Gasteiger partial charge in [0.15, 0.2) is 5.96 Å². The van der Waals surface area contributed by atoms with Crippen molar-refractivity contribution in [2.24, 2.45) is 16.6 Å². The summed E-state index contributed by atoms with van der Waals surface area (Å²) in [5.41, 5.74) is 7.40. The molecule has 122 valence electrons. The highest BCUT2D eigenvalue weighted by atomic mass is 16.3. The molecule has 4 nitrogen and oxygen atoms in total. The normalized spacial score (nSPS) is 22.4. The zero-order valence-electron chi connectivity index (χ0n) is 13.8. The van der Waals surface area contributed by atoms with Gasteiger partial charge in [0.25, 0.3) is 0 Å². The van der Waals surface area contributed by atoms with E-state index in [1.807, 2.05) is 25.1 Å². The Balaban J connectivity index is 2.02. The summed E-state index contributed by atoms with van der Waals surface area (Å²) < 4.78 is 0. The van der Waals surface area contributed by atoms with Crippen LogP contribution < -0.4 is 5.73 Å². The zero-order valence-corrected chi connectivity index (χ0v) is 13.8. The first-order chi connectivity index (χ1) is 10.6. The number of guanidine groups is 1. The Morgan fingerprint density at radius 3 is 2.77 bits per heavy atom. The molecule has 0 aliphatic carbocycles. The van der Waals surface area contributed by atoms with Crippen molar-refractivity contribution >= 4 is 5.96 Å². The van der Waals surface area contributed by atoms with E-state index in [1.54, 1.807) is 0 Å². The third-order valence-electron chi connectivity index (χ3n) is 4.35. The number of benzene rings is 1. The molecule has 1 fully saturated rings. The average molecular weight is 303 g/mol. The third-order valence-corrected chi connectivity index (χ3v) is 4.35. The summed E-state index contributed by atoms with van der Waals surface area (Å²) in [4.78, 5) is 6.81. The summed E-state index contributed by atoms with van der Waals surface area (Å²) in [7, 11) is 0. The fourth-order valence-corrected chi connectivity index (χ4v) is 3.15. The van der Waals surface area contributed by atoms with Gasteiger partial charge in [-0.25, -0.2) is 0 Å². The molecule has 1 aliphatic heterocycles. The predicted octanol–water partition coefficient (Wildman–Crippen LogP) is 2.59. The van der Waals surface area contributed by atoms with Gasteiger partial charge in [0.05, 0.1) is 6.10 Å². The van der Waals surface area contributed by atoms with Gasteiger partial charge in [0, 0.05) is 25.6 Å². The van der Waals surface area contributed by atoms with Crippen molar-refractivity contribution in [3.8, 4) is 0 Å². The van der Waals surface area contributed by atoms with Gasteiger partial charge in [0.2, 0.25) is 0 Å². The van der Waals surface area contributed by atoms with Crippen LogP contribution in [0.1, 0.15) is 44.6 Å². The molecule has 0 aromatic heterocycles. The second kappa shape index (κ2) is 8.18. The summed E-state index contributed by atoms with van der Waals surface area (Å²) in [6, 6.07) is 10.3. The van der Waals surface area contributed by atoms with E-state index in [-0.39, 0.29) is 12.0 Å². The van der Waals surface area contributed by atoms with E-state index in [4.69, 9.17) is 5.73 Å². The number of likely N-dealkylation sites (tertiary alicyclic amines) is 1. The molecule has 4 heteroatoms. The van der Waals surface area contributed by atoms with Crippen LogP contribution in [0, 0.1) is 5.92 Å². The van der Waals surface area contributed by atoms with Gasteiger partial charge in [0.1, 0.15) is 0 Å². The average Bonchev–Trinajstić information content (AvgIpc) is 2.51.